The Balaban J connectivity index is 2.06. The van der Waals surface area contributed by atoms with Gasteiger partial charge in [0.15, 0.2) is 9.84 Å². The normalized spacial score (nSPS) is 12.4. The van der Waals surface area contributed by atoms with Crippen molar-refractivity contribution in [1.82, 2.24) is 5.32 Å². The Morgan fingerprint density at radius 1 is 1.08 bits per heavy atom. The number of nitrogens with one attached hydrogen (secondary N) is 1. The van der Waals surface area contributed by atoms with E-state index in [1.807, 2.05) is 0 Å². The van der Waals surface area contributed by atoms with Crippen molar-refractivity contribution in [2.24, 2.45) is 0 Å². The fourth-order valence-electron chi connectivity index (χ4n) is 2.15. The van der Waals surface area contributed by atoms with Crippen LogP contribution in [-0.2, 0) is 14.6 Å². The molecule has 0 aliphatic heterocycles. The van der Waals surface area contributed by atoms with E-state index in [-0.39, 0.29) is 16.9 Å². The van der Waals surface area contributed by atoms with Crippen molar-refractivity contribution in [2.75, 3.05) is 5.75 Å². The monoisotopic (exact) mass is 365 g/mol. The molecule has 0 saturated carbocycles. The van der Waals surface area contributed by atoms with Crippen LogP contribution in [0.5, 0.6) is 0 Å². The van der Waals surface area contributed by atoms with Crippen LogP contribution in [0.1, 0.15) is 16.8 Å². The number of carbonyl (C=O) groups excluding carboxylic acids is 1. The van der Waals surface area contributed by atoms with Crippen LogP contribution < -0.4 is 5.32 Å². The zero-order valence-electron chi connectivity index (χ0n) is 13.1. The third kappa shape index (κ3) is 5.12. The number of amides is 1. The summed E-state index contributed by atoms with van der Waals surface area (Å²) in [6.45, 7) is 0. The van der Waals surface area contributed by atoms with Crippen molar-refractivity contribution in [3.05, 3.63) is 66.0 Å². The van der Waals surface area contributed by atoms with E-state index >= 15 is 0 Å². The summed E-state index contributed by atoms with van der Waals surface area (Å²) in [4.78, 5) is 23.4. The Morgan fingerprint density at radius 3 is 2.36 bits per heavy atom. The van der Waals surface area contributed by atoms with Gasteiger partial charge in [-0.3, -0.25) is 4.79 Å². The molecule has 2 rings (SSSR count). The molecule has 1 amide bonds. The number of sulfone groups is 1. The molecule has 0 saturated heterocycles. The van der Waals surface area contributed by atoms with Crippen molar-refractivity contribution in [3.63, 3.8) is 0 Å². The van der Waals surface area contributed by atoms with Crippen LogP contribution in [0.3, 0.4) is 0 Å². The molecule has 0 spiro atoms. The van der Waals surface area contributed by atoms with E-state index < -0.39 is 39.3 Å². The third-order valence-electron chi connectivity index (χ3n) is 3.47. The van der Waals surface area contributed by atoms with Gasteiger partial charge in [-0.1, -0.05) is 24.3 Å². The molecule has 25 heavy (non-hydrogen) atoms. The fourth-order valence-corrected chi connectivity index (χ4v) is 3.50. The summed E-state index contributed by atoms with van der Waals surface area (Å²) in [5.74, 6) is -3.24. The predicted octanol–water partition coefficient (Wildman–Crippen LogP) is 1.87. The number of rotatable bonds is 7. The molecule has 132 valence electrons. The van der Waals surface area contributed by atoms with Gasteiger partial charge in [-0.05, 0) is 36.8 Å². The second-order valence-electron chi connectivity index (χ2n) is 5.30. The zero-order valence-corrected chi connectivity index (χ0v) is 13.9. The molecule has 2 aromatic rings. The van der Waals surface area contributed by atoms with Gasteiger partial charge in [0, 0.05) is 5.56 Å². The summed E-state index contributed by atoms with van der Waals surface area (Å²) in [5, 5.41) is 11.4. The van der Waals surface area contributed by atoms with Crippen molar-refractivity contribution < 1.29 is 27.5 Å². The molecule has 0 unspecified atom stereocenters. The number of carboxylic acids is 1. The van der Waals surface area contributed by atoms with E-state index in [0.29, 0.717) is 0 Å². The molecule has 1 atom stereocenters. The second-order valence-corrected chi connectivity index (χ2v) is 7.40. The number of halogens is 1. The maximum absolute atomic E-state index is 13.1. The van der Waals surface area contributed by atoms with Crippen LogP contribution in [0, 0.1) is 5.82 Å². The van der Waals surface area contributed by atoms with Crippen molar-refractivity contribution in [1.29, 1.82) is 0 Å². The smallest absolute Gasteiger partial charge is 0.326 e. The Morgan fingerprint density at radius 2 is 1.76 bits per heavy atom. The lowest BCUT2D eigenvalue weighted by atomic mass is 10.1. The Kier molecular flexibility index (Phi) is 5.87. The average molecular weight is 365 g/mol. The first-order valence-corrected chi connectivity index (χ1v) is 9.02. The first-order chi connectivity index (χ1) is 11.8. The number of carbonyl (C=O) groups is 2. The maximum atomic E-state index is 13.1. The molecular weight excluding hydrogens is 349 g/mol. The highest BCUT2D eigenvalue weighted by molar-refractivity contribution is 7.91. The van der Waals surface area contributed by atoms with Crippen LogP contribution in [0.25, 0.3) is 0 Å². The summed E-state index contributed by atoms with van der Waals surface area (Å²) >= 11 is 0. The average Bonchev–Trinajstić information content (AvgIpc) is 2.59. The lowest BCUT2D eigenvalue weighted by molar-refractivity contribution is -0.139. The Hall–Kier alpha value is -2.74. The molecule has 0 aromatic heterocycles. The van der Waals surface area contributed by atoms with Crippen molar-refractivity contribution >= 4 is 21.7 Å². The topological polar surface area (TPSA) is 101 Å². The van der Waals surface area contributed by atoms with Gasteiger partial charge in [0.2, 0.25) is 0 Å². The zero-order chi connectivity index (χ0) is 18.4. The maximum Gasteiger partial charge on any atom is 0.326 e. The lowest BCUT2D eigenvalue weighted by Gasteiger charge is -2.15. The van der Waals surface area contributed by atoms with Gasteiger partial charge in [0.1, 0.15) is 11.9 Å². The van der Waals surface area contributed by atoms with Gasteiger partial charge >= 0.3 is 5.97 Å². The molecule has 0 radical (unpaired) electrons. The lowest BCUT2D eigenvalue weighted by Crippen LogP contribution is -2.42. The summed E-state index contributed by atoms with van der Waals surface area (Å²) < 4.78 is 37.5. The first-order valence-electron chi connectivity index (χ1n) is 7.36. The molecule has 8 heteroatoms. The SMILES string of the molecule is O=C(N[C@H](CCS(=O)(=O)c1ccccc1)C(=O)O)c1cccc(F)c1. The molecule has 0 fully saturated rings. The Labute approximate surface area is 144 Å². The number of aliphatic carboxylic acids is 1. The molecule has 0 aliphatic carbocycles. The van der Waals surface area contributed by atoms with Crippen LogP contribution in [0.15, 0.2) is 59.5 Å². The van der Waals surface area contributed by atoms with Gasteiger partial charge in [-0.15, -0.1) is 0 Å². The summed E-state index contributed by atoms with van der Waals surface area (Å²) in [6.07, 6.45) is -0.312. The molecule has 2 aromatic carbocycles. The van der Waals surface area contributed by atoms with E-state index in [2.05, 4.69) is 5.32 Å². The number of benzene rings is 2. The summed E-state index contributed by atoms with van der Waals surface area (Å²) in [6, 6.07) is 11.0. The minimum Gasteiger partial charge on any atom is -0.480 e. The van der Waals surface area contributed by atoms with Crippen LogP contribution >= 0.6 is 0 Å². The van der Waals surface area contributed by atoms with Gasteiger partial charge in [0.25, 0.3) is 5.91 Å². The van der Waals surface area contributed by atoms with Crippen LogP contribution in [-0.4, -0.2) is 37.2 Å². The number of hydrogen-bond donors (Lipinski definition) is 2. The van der Waals surface area contributed by atoms with E-state index in [0.717, 1.165) is 12.1 Å². The number of carboxylic acid groups (broad SMARTS) is 1. The van der Waals surface area contributed by atoms with E-state index in [1.165, 1.54) is 24.3 Å². The van der Waals surface area contributed by atoms with Crippen molar-refractivity contribution in [2.45, 2.75) is 17.4 Å². The molecule has 6 nitrogen and oxygen atoms in total. The van der Waals surface area contributed by atoms with E-state index in [4.69, 9.17) is 0 Å². The molecular formula is C17H16FNO5S. The standard InChI is InChI=1S/C17H16FNO5S/c18-13-6-4-5-12(11-13)16(20)19-15(17(21)22)9-10-25(23,24)14-7-2-1-3-8-14/h1-8,11,15H,9-10H2,(H,19,20)(H,21,22)/t15-/m1/s1. The highest BCUT2D eigenvalue weighted by Crippen LogP contribution is 2.12. The highest BCUT2D eigenvalue weighted by atomic mass is 32.2. The number of hydrogen-bond acceptors (Lipinski definition) is 4. The van der Waals surface area contributed by atoms with E-state index in [9.17, 15) is 27.5 Å². The summed E-state index contributed by atoms with van der Waals surface area (Å²) in [7, 11) is -3.67. The molecule has 0 bridgehead atoms. The van der Waals surface area contributed by atoms with Gasteiger partial charge in [-0.25, -0.2) is 17.6 Å². The minimum absolute atomic E-state index is 0.0443. The summed E-state index contributed by atoms with van der Waals surface area (Å²) in [5.41, 5.74) is -0.0443. The van der Waals surface area contributed by atoms with Crippen LogP contribution in [0.2, 0.25) is 0 Å². The van der Waals surface area contributed by atoms with Crippen LogP contribution in [0.4, 0.5) is 4.39 Å². The van der Waals surface area contributed by atoms with Crippen molar-refractivity contribution in [3.8, 4) is 0 Å². The third-order valence-corrected chi connectivity index (χ3v) is 5.23. The molecule has 0 heterocycles. The molecule has 2 N–H and O–H groups in total. The fraction of sp³-hybridized carbons (Fsp3) is 0.176. The predicted molar refractivity (Wildman–Crippen MR) is 88.4 cm³/mol. The molecule has 0 aliphatic rings. The second kappa shape index (κ2) is 7.89. The van der Waals surface area contributed by atoms with Gasteiger partial charge < -0.3 is 10.4 Å². The van der Waals surface area contributed by atoms with E-state index in [1.54, 1.807) is 18.2 Å². The Bertz CT molecular complexity index is 868. The van der Waals surface area contributed by atoms with Gasteiger partial charge in [0.05, 0.1) is 10.6 Å². The minimum atomic E-state index is -3.67. The first kappa shape index (κ1) is 18.6. The quantitative estimate of drug-likeness (QED) is 0.780. The highest BCUT2D eigenvalue weighted by Gasteiger charge is 2.24. The van der Waals surface area contributed by atoms with Gasteiger partial charge in [-0.2, -0.15) is 0 Å². The largest absolute Gasteiger partial charge is 0.480 e.